The molecule has 1 saturated heterocycles. The van der Waals surface area contributed by atoms with Crippen LogP contribution in [0.15, 0.2) is 60.8 Å². The highest BCUT2D eigenvalue weighted by molar-refractivity contribution is 5.89. The van der Waals surface area contributed by atoms with Gasteiger partial charge in [-0.2, -0.15) is 0 Å². The molecule has 0 amide bonds. The first-order chi connectivity index (χ1) is 14.7. The summed E-state index contributed by atoms with van der Waals surface area (Å²) in [4.78, 5) is 23.1. The number of carbonyl (C=O) groups is 1. The highest BCUT2D eigenvalue weighted by Gasteiger charge is 2.11. The van der Waals surface area contributed by atoms with Crippen LogP contribution < -0.4 is 15.5 Å². The molecule has 0 radical (unpaired) electrons. The minimum absolute atomic E-state index is 0.329. The van der Waals surface area contributed by atoms with E-state index in [-0.39, 0.29) is 5.97 Å². The maximum absolute atomic E-state index is 11.8. The average molecular weight is 403 g/mol. The third-order valence-corrected chi connectivity index (χ3v) is 4.93. The first-order valence-corrected chi connectivity index (χ1v) is 10.2. The second kappa shape index (κ2) is 9.37. The van der Waals surface area contributed by atoms with Gasteiger partial charge in [0.25, 0.3) is 0 Å². The summed E-state index contributed by atoms with van der Waals surface area (Å²) in [5.74, 6) is 0.974. The van der Waals surface area contributed by atoms with Crippen LogP contribution >= 0.6 is 0 Å². The maximum Gasteiger partial charge on any atom is 0.338 e. The molecule has 7 heteroatoms. The number of nitrogens with zero attached hydrogens (tertiary/aromatic N) is 3. The Hall–Kier alpha value is -3.45. The lowest BCUT2D eigenvalue weighted by Gasteiger charge is -2.29. The van der Waals surface area contributed by atoms with Crippen molar-refractivity contribution in [3.05, 3.63) is 66.4 Å². The number of benzene rings is 2. The number of anilines is 3. The molecule has 1 fully saturated rings. The summed E-state index contributed by atoms with van der Waals surface area (Å²) in [5.41, 5.74) is 3.54. The van der Waals surface area contributed by atoms with Crippen molar-refractivity contribution < 1.29 is 9.53 Å². The molecule has 154 valence electrons. The molecular formula is C23H25N5O2. The second-order valence-electron chi connectivity index (χ2n) is 6.97. The van der Waals surface area contributed by atoms with Gasteiger partial charge in [0.05, 0.1) is 12.2 Å². The topological polar surface area (TPSA) is 79.4 Å². The van der Waals surface area contributed by atoms with Gasteiger partial charge in [-0.15, -0.1) is 0 Å². The summed E-state index contributed by atoms with van der Waals surface area (Å²) in [5, 5.41) is 6.70. The van der Waals surface area contributed by atoms with Crippen molar-refractivity contribution in [2.45, 2.75) is 6.92 Å². The van der Waals surface area contributed by atoms with Gasteiger partial charge in [0, 0.05) is 49.3 Å². The first kappa shape index (κ1) is 19.8. The van der Waals surface area contributed by atoms with Crippen molar-refractivity contribution in [2.24, 2.45) is 0 Å². The van der Waals surface area contributed by atoms with Crippen LogP contribution in [0.1, 0.15) is 17.3 Å². The Labute approximate surface area is 176 Å². The smallest absolute Gasteiger partial charge is 0.338 e. The molecule has 0 spiro atoms. The first-order valence-electron chi connectivity index (χ1n) is 10.2. The summed E-state index contributed by atoms with van der Waals surface area (Å²) in [7, 11) is 0. The van der Waals surface area contributed by atoms with Crippen molar-refractivity contribution in [2.75, 3.05) is 43.0 Å². The minimum atomic E-state index is -0.329. The SMILES string of the molecule is CCOC(=O)c1ccc(-c2nccc(Nc3ccc(N4CCNCC4)cc3)n2)cc1. The molecule has 1 aliphatic rings. The van der Waals surface area contributed by atoms with Gasteiger partial charge >= 0.3 is 5.97 Å². The van der Waals surface area contributed by atoms with Gasteiger partial charge in [0.1, 0.15) is 5.82 Å². The summed E-state index contributed by atoms with van der Waals surface area (Å²) in [6.07, 6.45) is 1.72. The molecule has 2 heterocycles. The summed E-state index contributed by atoms with van der Waals surface area (Å²) in [6, 6.07) is 17.3. The molecule has 2 N–H and O–H groups in total. The fraction of sp³-hybridized carbons (Fsp3) is 0.261. The lowest BCUT2D eigenvalue weighted by molar-refractivity contribution is 0.0526. The fourth-order valence-electron chi connectivity index (χ4n) is 3.36. The lowest BCUT2D eigenvalue weighted by atomic mass is 10.1. The van der Waals surface area contributed by atoms with Crippen molar-refractivity contribution in [3.63, 3.8) is 0 Å². The molecular weight excluding hydrogens is 378 g/mol. The van der Waals surface area contributed by atoms with E-state index in [1.54, 1.807) is 25.3 Å². The van der Waals surface area contributed by atoms with E-state index in [2.05, 4.69) is 49.8 Å². The van der Waals surface area contributed by atoms with E-state index >= 15 is 0 Å². The maximum atomic E-state index is 11.8. The highest BCUT2D eigenvalue weighted by Crippen LogP contribution is 2.22. The molecule has 0 atom stereocenters. The van der Waals surface area contributed by atoms with E-state index in [4.69, 9.17) is 4.74 Å². The monoisotopic (exact) mass is 403 g/mol. The van der Waals surface area contributed by atoms with E-state index in [1.807, 2.05) is 18.2 Å². The third-order valence-electron chi connectivity index (χ3n) is 4.93. The quantitative estimate of drug-likeness (QED) is 0.610. The predicted molar refractivity (Wildman–Crippen MR) is 118 cm³/mol. The summed E-state index contributed by atoms with van der Waals surface area (Å²) < 4.78 is 5.02. The molecule has 0 unspecified atom stereocenters. The van der Waals surface area contributed by atoms with E-state index in [1.165, 1.54) is 5.69 Å². The molecule has 0 bridgehead atoms. The molecule has 3 aromatic rings. The Morgan fingerprint density at radius 2 is 1.80 bits per heavy atom. The van der Waals surface area contributed by atoms with Crippen molar-refractivity contribution in [1.82, 2.24) is 15.3 Å². The van der Waals surface area contributed by atoms with Crippen molar-refractivity contribution in [3.8, 4) is 11.4 Å². The molecule has 1 aromatic heterocycles. The number of piperazine rings is 1. The van der Waals surface area contributed by atoms with Crippen LogP contribution in [0.25, 0.3) is 11.4 Å². The van der Waals surface area contributed by atoms with Gasteiger partial charge in [-0.1, -0.05) is 12.1 Å². The zero-order chi connectivity index (χ0) is 20.8. The Morgan fingerprint density at radius 3 is 2.50 bits per heavy atom. The summed E-state index contributed by atoms with van der Waals surface area (Å²) >= 11 is 0. The molecule has 7 nitrogen and oxygen atoms in total. The molecule has 1 aliphatic heterocycles. The zero-order valence-corrected chi connectivity index (χ0v) is 17.0. The van der Waals surface area contributed by atoms with Crippen LogP contribution in [0.2, 0.25) is 0 Å². The molecule has 0 saturated carbocycles. The van der Waals surface area contributed by atoms with Crippen LogP contribution in [-0.2, 0) is 4.74 Å². The normalized spacial score (nSPS) is 13.7. The van der Waals surface area contributed by atoms with Crippen LogP contribution in [0.3, 0.4) is 0 Å². The van der Waals surface area contributed by atoms with Gasteiger partial charge < -0.3 is 20.3 Å². The van der Waals surface area contributed by atoms with E-state index in [0.717, 1.165) is 37.4 Å². The van der Waals surface area contributed by atoms with Crippen molar-refractivity contribution in [1.29, 1.82) is 0 Å². The predicted octanol–water partition coefficient (Wildman–Crippen LogP) is 3.47. The standard InChI is InChI=1S/C23H25N5O2/c1-2-30-23(29)18-5-3-17(4-6-18)22-25-12-11-21(27-22)26-19-7-9-20(10-8-19)28-15-13-24-14-16-28/h3-12,24H,2,13-16H2,1H3,(H,25,26,27). The number of ether oxygens (including phenoxy) is 1. The van der Waals surface area contributed by atoms with E-state index in [0.29, 0.717) is 23.8 Å². The molecule has 0 aliphatic carbocycles. The van der Waals surface area contributed by atoms with Gasteiger partial charge in [0.2, 0.25) is 0 Å². The Kier molecular flexibility index (Phi) is 6.20. The fourth-order valence-corrected chi connectivity index (χ4v) is 3.36. The van der Waals surface area contributed by atoms with Gasteiger partial charge in [0.15, 0.2) is 5.82 Å². The van der Waals surface area contributed by atoms with Crippen LogP contribution in [0, 0.1) is 0 Å². The summed E-state index contributed by atoms with van der Waals surface area (Å²) in [6.45, 7) is 6.23. The van der Waals surface area contributed by atoms with Gasteiger partial charge in [-0.05, 0) is 49.4 Å². The number of rotatable bonds is 6. The number of nitrogens with one attached hydrogen (secondary N) is 2. The van der Waals surface area contributed by atoms with Crippen molar-refractivity contribution >= 4 is 23.2 Å². The van der Waals surface area contributed by atoms with Gasteiger partial charge in [-0.3, -0.25) is 0 Å². The number of hydrogen-bond acceptors (Lipinski definition) is 7. The number of aromatic nitrogens is 2. The molecule has 4 rings (SSSR count). The van der Waals surface area contributed by atoms with Gasteiger partial charge in [-0.25, -0.2) is 14.8 Å². The van der Waals surface area contributed by atoms with Crippen LogP contribution in [0.5, 0.6) is 0 Å². The van der Waals surface area contributed by atoms with E-state index < -0.39 is 0 Å². The third kappa shape index (κ3) is 4.75. The van der Waals surface area contributed by atoms with Crippen LogP contribution in [0.4, 0.5) is 17.2 Å². The minimum Gasteiger partial charge on any atom is -0.462 e. The average Bonchev–Trinajstić information content (AvgIpc) is 2.81. The zero-order valence-electron chi connectivity index (χ0n) is 17.0. The van der Waals surface area contributed by atoms with Crippen LogP contribution in [-0.4, -0.2) is 48.7 Å². The Morgan fingerprint density at radius 1 is 1.07 bits per heavy atom. The Balaban J connectivity index is 1.45. The Bertz CT molecular complexity index is 983. The van der Waals surface area contributed by atoms with E-state index in [9.17, 15) is 4.79 Å². The number of hydrogen-bond donors (Lipinski definition) is 2. The lowest BCUT2D eigenvalue weighted by Crippen LogP contribution is -2.43. The number of esters is 1. The highest BCUT2D eigenvalue weighted by atomic mass is 16.5. The molecule has 30 heavy (non-hydrogen) atoms. The second-order valence-corrected chi connectivity index (χ2v) is 6.97. The largest absolute Gasteiger partial charge is 0.462 e. The molecule has 2 aromatic carbocycles. The number of carbonyl (C=O) groups excluding carboxylic acids is 1.